The topological polar surface area (TPSA) is 54.2 Å². The van der Waals surface area contributed by atoms with Gasteiger partial charge in [0.25, 0.3) is 0 Å². The number of aromatic nitrogens is 2. The second-order valence-corrected chi connectivity index (χ2v) is 5.39. The molecule has 1 aromatic heterocycles. The van der Waals surface area contributed by atoms with Crippen molar-refractivity contribution in [3.8, 4) is 0 Å². The lowest BCUT2D eigenvalue weighted by molar-refractivity contribution is 0.160. The third kappa shape index (κ3) is 2.72. The highest BCUT2D eigenvalue weighted by Crippen LogP contribution is 2.38. The maximum absolute atomic E-state index is 5.32. The molecule has 100 valence electrons. The Balaban J connectivity index is 1.60. The number of piperidine rings is 1. The smallest absolute Gasteiger partial charge is 0.229 e. The van der Waals surface area contributed by atoms with Crippen molar-refractivity contribution in [1.82, 2.24) is 20.4 Å². The van der Waals surface area contributed by atoms with E-state index in [0.717, 1.165) is 37.9 Å². The van der Waals surface area contributed by atoms with Crippen LogP contribution < -0.4 is 5.32 Å². The largest absolute Gasteiger partial charge is 0.339 e. The molecule has 1 aliphatic carbocycles. The van der Waals surface area contributed by atoms with Crippen LogP contribution in [0.4, 0.5) is 0 Å². The Morgan fingerprint density at radius 1 is 1.39 bits per heavy atom. The van der Waals surface area contributed by atoms with Gasteiger partial charge in [-0.2, -0.15) is 4.98 Å². The molecule has 0 aromatic carbocycles. The minimum atomic E-state index is 0.553. The number of hydrogen-bond donors (Lipinski definition) is 1. The molecule has 1 unspecified atom stereocenters. The Bertz CT molecular complexity index is 382. The van der Waals surface area contributed by atoms with Crippen LogP contribution >= 0.6 is 0 Å². The Kier molecular flexibility index (Phi) is 3.61. The highest BCUT2D eigenvalue weighted by molar-refractivity contribution is 5.01. The van der Waals surface area contributed by atoms with Gasteiger partial charge in [-0.25, -0.2) is 0 Å². The van der Waals surface area contributed by atoms with Gasteiger partial charge in [-0.15, -0.1) is 0 Å². The molecule has 1 aliphatic heterocycles. The van der Waals surface area contributed by atoms with E-state index in [9.17, 15) is 0 Å². The van der Waals surface area contributed by atoms with Crippen molar-refractivity contribution in [2.45, 2.75) is 51.1 Å². The summed E-state index contributed by atoms with van der Waals surface area (Å²) in [6.07, 6.45) is 4.96. The summed E-state index contributed by atoms with van der Waals surface area (Å²) in [5.41, 5.74) is 0. The van der Waals surface area contributed by atoms with Crippen LogP contribution in [0.15, 0.2) is 4.52 Å². The van der Waals surface area contributed by atoms with Crippen LogP contribution in [-0.2, 0) is 6.54 Å². The van der Waals surface area contributed by atoms with E-state index in [1.165, 1.54) is 25.7 Å². The molecule has 5 nitrogen and oxygen atoms in total. The number of hydrogen-bond acceptors (Lipinski definition) is 5. The van der Waals surface area contributed by atoms with Gasteiger partial charge < -0.3 is 9.84 Å². The first-order valence-corrected chi connectivity index (χ1v) is 7.14. The summed E-state index contributed by atoms with van der Waals surface area (Å²) >= 11 is 0. The number of nitrogens with zero attached hydrogens (tertiary/aromatic N) is 3. The van der Waals surface area contributed by atoms with E-state index in [4.69, 9.17) is 4.52 Å². The zero-order valence-corrected chi connectivity index (χ0v) is 11.1. The van der Waals surface area contributed by atoms with Crippen molar-refractivity contribution >= 4 is 0 Å². The summed E-state index contributed by atoms with van der Waals surface area (Å²) in [5, 5.41) is 7.57. The van der Waals surface area contributed by atoms with Crippen LogP contribution in [0.5, 0.6) is 0 Å². The van der Waals surface area contributed by atoms with Crippen LogP contribution in [0, 0.1) is 0 Å². The monoisotopic (exact) mass is 250 g/mol. The Morgan fingerprint density at radius 2 is 2.28 bits per heavy atom. The maximum Gasteiger partial charge on any atom is 0.229 e. The summed E-state index contributed by atoms with van der Waals surface area (Å²) in [4.78, 5) is 6.97. The highest BCUT2D eigenvalue weighted by Gasteiger charge is 2.30. The Hall–Kier alpha value is -0.940. The van der Waals surface area contributed by atoms with E-state index in [0.29, 0.717) is 12.0 Å². The summed E-state index contributed by atoms with van der Waals surface area (Å²) in [6.45, 7) is 6.30. The Labute approximate surface area is 108 Å². The number of rotatable bonds is 5. The lowest BCUT2D eigenvalue weighted by Crippen LogP contribution is -2.45. The van der Waals surface area contributed by atoms with Gasteiger partial charge in [0.1, 0.15) is 0 Å². The third-order valence-electron chi connectivity index (χ3n) is 3.95. The lowest BCUT2D eigenvalue weighted by atomic mass is 10.1. The molecule has 1 aromatic rings. The molecule has 2 aliphatic rings. The van der Waals surface area contributed by atoms with Gasteiger partial charge in [0.05, 0.1) is 6.54 Å². The van der Waals surface area contributed by atoms with Crippen LogP contribution in [0.25, 0.3) is 0 Å². The molecule has 1 saturated heterocycles. The maximum atomic E-state index is 5.32. The van der Waals surface area contributed by atoms with Gasteiger partial charge in [0.2, 0.25) is 5.89 Å². The molecular weight excluding hydrogens is 228 g/mol. The lowest BCUT2D eigenvalue weighted by Gasteiger charge is -2.32. The molecule has 5 heteroatoms. The van der Waals surface area contributed by atoms with E-state index >= 15 is 0 Å². The normalized spacial score (nSPS) is 24.7. The van der Waals surface area contributed by atoms with Gasteiger partial charge in [-0.05, 0) is 38.8 Å². The van der Waals surface area contributed by atoms with E-state index in [-0.39, 0.29) is 0 Å². The zero-order valence-electron chi connectivity index (χ0n) is 11.1. The van der Waals surface area contributed by atoms with Gasteiger partial charge in [-0.3, -0.25) is 4.90 Å². The molecule has 0 spiro atoms. The van der Waals surface area contributed by atoms with E-state index in [1.54, 1.807) is 0 Å². The second-order valence-electron chi connectivity index (χ2n) is 5.39. The fourth-order valence-corrected chi connectivity index (χ4v) is 2.65. The Morgan fingerprint density at radius 3 is 2.94 bits per heavy atom. The fraction of sp³-hybridized carbons (Fsp3) is 0.846. The van der Waals surface area contributed by atoms with Crippen molar-refractivity contribution in [1.29, 1.82) is 0 Å². The molecule has 0 radical (unpaired) electrons. The third-order valence-corrected chi connectivity index (χ3v) is 3.95. The first-order chi connectivity index (χ1) is 8.86. The van der Waals surface area contributed by atoms with Crippen LogP contribution in [0.3, 0.4) is 0 Å². The van der Waals surface area contributed by atoms with Crippen molar-refractivity contribution in [3.05, 3.63) is 11.7 Å². The molecule has 2 fully saturated rings. The van der Waals surface area contributed by atoms with Crippen LogP contribution in [0.1, 0.15) is 50.2 Å². The zero-order chi connectivity index (χ0) is 12.4. The minimum absolute atomic E-state index is 0.553. The van der Waals surface area contributed by atoms with Gasteiger partial charge >= 0.3 is 0 Å². The average Bonchev–Trinajstić information content (AvgIpc) is 3.17. The minimum Gasteiger partial charge on any atom is -0.339 e. The SMILES string of the molecule is CCN(Cc1noc(C2CC2)n1)C1CCCNC1. The first kappa shape index (κ1) is 12.1. The van der Waals surface area contributed by atoms with Crippen molar-refractivity contribution < 1.29 is 4.52 Å². The van der Waals surface area contributed by atoms with Crippen molar-refractivity contribution in [3.63, 3.8) is 0 Å². The molecular formula is C13H22N4O. The predicted molar refractivity (Wildman–Crippen MR) is 68.2 cm³/mol. The summed E-state index contributed by atoms with van der Waals surface area (Å²) < 4.78 is 5.32. The standard InChI is InChI=1S/C13H22N4O/c1-2-17(11-4-3-7-14-8-11)9-12-15-13(18-16-12)10-5-6-10/h10-11,14H,2-9H2,1H3. The van der Waals surface area contributed by atoms with Crippen molar-refractivity contribution in [2.24, 2.45) is 0 Å². The van der Waals surface area contributed by atoms with E-state index < -0.39 is 0 Å². The molecule has 1 atom stereocenters. The molecule has 1 N–H and O–H groups in total. The van der Waals surface area contributed by atoms with E-state index in [1.807, 2.05) is 0 Å². The van der Waals surface area contributed by atoms with Gasteiger partial charge in [0, 0.05) is 18.5 Å². The highest BCUT2D eigenvalue weighted by atomic mass is 16.5. The van der Waals surface area contributed by atoms with Crippen LogP contribution in [0.2, 0.25) is 0 Å². The molecule has 0 amide bonds. The second kappa shape index (κ2) is 5.36. The number of likely N-dealkylation sites (N-methyl/N-ethyl adjacent to an activating group) is 1. The predicted octanol–water partition coefficient (Wildman–Crippen LogP) is 1.52. The molecule has 18 heavy (non-hydrogen) atoms. The average molecular weight is 250 g/mol. The molecule has 0 bridgehead atoms. The van der Waals surface area contributed by atoms with Gasteiger partial charge in [-0.1, -0.05) is 12.1 Å². The molecule has 1 saturated carbocycles. The fourth-order valence-electron chi connectivity index (χ4n) is 2.65. The van der Waals surface area contributed by atoms with E-state index in [2.05, 4.69) is 27.3 Å². The summed E-state index contributed by atoms with van der Waals surface area (Å²) in [6, 6.07) is 0.617. The molecule has 3 rings (SSSR count). The summed E-state index contributed by atoms with van der Waals surface area (Å²) in [5.74, 6) is 2.25. The van der Waals surface area contributed by atoms with Gasteiger partial charge in [0.15, 0.2) is 5.82 Å². The first-order valence-electron chi connectivity index (χ1n) is 7.14. The summed E-state index contributed by atoms with van der Waals surface area (Å²) in [7, 11) is 0. The van der Waals surface area contributed by atoms with Crippen molar-refractivity contribution in [2.75, 3.05) is 19.6 Å². The molecule has 2 heterocycles. The van der Waals surface area contributed by atoms with Crippen LogP contribution in [-0.4, -0.2) is 40.7 Å². The quantitative estimate of drug-likeness (QED) is 0.858. The number of nitrogens with one attached hydrogen (secondary N) is 1.